The van der Waals surface area contributed by atoms with Gasteiger partial charge < -0.3 is 14.6 Å². The lowest BCUT2D eigenvalue weighted by Crippen LogP contribution is -2.41. The summed E-state index contributed by atoms with van der Waals surface area (Å²) in [6, 6.07) is 5.68. The molecule has 0 radical (unpaired) electrons. The molecular weight excluding hydrogens is 240 g/mol. The Kier molecular flexibility index (Phi) is 3.17. The number of methoxy groups -OCH3 is 1. The van der Waals surface area contributed by atoms with Crippen molar-refractivity contribution in [3.8, 4) is 11.5 Å². The average molecular weight is 262 g/mol. The van der Waals surface area contributed by atoms with Crippen LogP contribution in [0.25, 0.3) is 0 Å². The molecule has 1 N–H and O–H groups in total. The zero-order valence-electron chi connectivity index (χ0n) is 11.7. The summed E-state index contributed by atoms with van der Waals surface area (Å²) in [4.78, 5) is 0. The van der Waals surface area contributed by atoms with E-state index in [1.165, 1.54) is 19.3 Å². The molecule has 0 bridgehead atoms. The topological polar surface area (TPSA) is 38.7 Å². The van der Waals surface area contributed by atoms with Crippen LogP contribution in [0.4, 0.5) is 0 Å². The second-order valence-electron chi connectivity index (χ2n) is 6.18. The van der Waals surface area contributed by atoms with Gasteiger partial charge in [-0.05, 0) is 37.5 Å². The largest absolute Gasteiger partial charge is 0.497 e. The first-order chi connectivity index (χ1) is 9.09. The van der Waals surface area contributed by atoms with Crippen LogP contribution < -0.4 is 9.47 Å². The molecule has 1 aromatic rings. The summed E-state index contributed by atoms with van der Waals surface area (Å²) in [6.45, 7) is 2.13. The average Bonchev–Trinajstić information content (AvgIpc) is 2.34. The Morgan fingerprint density at radius 3 is 2.84 bits per heavy atom. The van der Waals surface area contributed by atoms with Crippen molar-refractivity contribution in [1.29, 1.82) is 0 Å². The van der Waals surface area contributed by atoms with E-state index < -0.39 is 6.10 Å². The van der Waals surface area contributed by atoms with Crippen LogP contribution in [0.5, 0.6) is 11.5 Å². The van der Waals surface area contributed by atoms with Crippen molar-refractivity contribution in [3.05, 3.63) is 23.8 Å². The Morgan fingerprint density at radius 2 is 2.21 bits per heavy atom. The lowest BCUT2D eigenvalue weighted by molar-refractivity contribution is -0.0249. The van der Waals surface area contributed by atoms with Crippen LogP contribution in [0.1, 0.15) is 50.7 Å². The van der Waals surface area contributed by atoms with Crippen LogP contribution in [-0.2, 0) is 0 Å². The van der Waals surface area contributed by atoms with Crippen molar-refractivity contribution in [1.82, 2.24) is 0 Å². The maximum absolute atomic E-state index is 10.4. The highest BCUT2D eigenvalue weighted by molar-refractivity contribution is 5.43. The SMILES string of the molecule is COc1ccc2c(c1)[C@H](O)CC(C)(CC1CCC1)O2. The van der Waals surface area contributed by atoms with E-state index in [2.05, 4.69) is 6.92 Å². The predicted molar refractivity (Wildman–Crippen MR) is 73.6 cm³/mol. The first-order valence-electron chi connectivity index (χ1n) is 7.15. The van der Waals surface area contributed by atoms with Gasteiger partial charge in [-0.3, -0.25) is 0 Å². The molecule has 3 heteroatoms. The van der Waals surface area contributed by atoms with E-state index in [-0.39, 0.29) is 5.60 Å². The molecule has 2 atom stereocenters. The molecule has 0 spiro atoms. The van der Waals surface area contributed by atoms with E-state index in [0.717, 1.165) is 29.4 Å². The maximum atomic E-state index is 10.4. The number of rotatable bonds is 3. The van der Waals surface area contributed by atoms with Crippen molar-refractivity contribution in [2.24, 2.45) is 5.92 Å². The lowest BCUT2D eigenvalue weighted by atomic mass is 9.75. The molecule has 19 heavy (non-hydrogen) atoms. The second-order valence-corrected chi connectivity index (χ2v) is 6.18. The van der Waals surface area contributed by atoms with Gasteiger partial charge in [0.05, 0.1) is 13.2 Å². The van der Waals surface area contributed by atoms with E-state index in [1.807, 2.05) is 18.2 Å². The monoisotopic (exact) mass is 262 g/mol. The molecule has 0 aromatic heterocycles. The third-order valence-corrected chi connectivity index (χ3v) is 4.50. The van der Waals surface area contributed by atoms with Gasteiger partial charge >= 0.3 is 0 Å². The van der Waals surface area contributed by atoms with Gasteiger partial charge in [-0.2, -0.15) is 0 Å². The van der Waals surface area contributed by atoms with Crippen molar-refractivity contribution in [3.63, 3.8) is 0 Å². The van der Waals surface area contributed by atoms with Crippen molar-refractivity contribution in [2.45, 2.75) is 50.7 Å². The fourth-order valence-electron chi connectivity index (χ4n) is 3.27. The van der Waals surface area contributed by atoms with Crippen LogP contribution in [0.3, 0.4) is 0 Å². The van der Waals surface area contributed by atoms with Crippen LogP contribution >= 0.6 is 0 Å². The third-order valence-electron chi connectivity index (χ3n) is 4.50. The smallest absolute Gasteiger partial charge is 0.126 e. The fraction of sp³-hybridized carbons (Fsp3) is 0.625. The van der Waals surface area contributed by atoms with Gasteiger partial charge in [0, 0.05) is 12.0 Å². The molecule has 1 heterocycles. The molecule has 1 saturated carbocycles. The summed E-state index contributed by atoms with van der Waals surface area (Å²) >= 11 is 0. The first kappa shape index (κ1) is 12.8. The molecule has 1 aliphatic heterocycles. The van der Waals surface area contributed by atoms with Crippen molar-refractivity contribution < 1.29 is 14.6 Å². The number of fused-ring (bicyclic) bond motifs is 1. The molecule has 1 aliphatic carbocycles. The quantitative estimate of drug-likeness (QED) is 0.906. The molecule has 0 saturated heterocycles. The minimum atomic E-state index is -0.455. The zero-order valence-corrected chi connectivity index (χ0v) is 11.7. The van der Waals surface area contributed by atoms with Gasteiger partial charge in [-0.1, -0.05) is 19.3 Å². The highest BCUT2D eigenvalue weighted by Crippen LogP contribution is 2.45. The molecule has 1 aromatic carbocycles. The zero-order chi connectivity index (χ0) is 13.5. The van der Waals surface area contributed by atoms with Gasteiger partial charge in [-0.25, -0.2) is 0 Å². The van der Waals surface area contributed by atoms with Gasteiger partial charge in [0.1, 0.15) is 17.1 Å². The second kappa shape index (κ2) is 4.71. The predicted octanol–water partition coefficient (Wildman–Crippen LogP) is 3.46. The van der Waals surface area contributed by atoms with Crippen LogP contribution in [0.2, 0.25) is 0 Å². The molecule has 0 amide bonds. The third kappa shape index (κ3) is 2.44. The number of aliphatic hydroxyl groups excluding tert-OH is 1. The molecule has 3 nitrogen and oxygen atoms in total. The van der Waals surface area contributed by atoms with Crippen LogP contribution in [0, 0.1) is 5.92 Å². The molecule has 104 valence electrons. The number of hydrogen-bond donors (Lipinski definition) is 1. The Morgan fingerprint density at radius 1 is 1.42 bits per heavy atom. The van der Waals surface area contributed by atoms with Gasteiger partial charge in [-0.15, -0.1) is 0 Å². The summed E-state index contributed by atoms with van der Waals surface area (Å²) < 4.78 is 11.4. The minimum Gasteiger partial charge on any atom is -0.497 e. The first-order valence-corrected chi connectivity index (χ1v) is 7.15. The normalized spacial score (nSPS) is 30.2. The Bertz CT molecular complexity index is 467. The van der Waals surface area contributed by atoms with Crippen molar-refractivity contribution in [2.75, 3.05) is 7.11 Å². The van der Waals surface area contributed by atoms with E-state index in [4.69, 9.17) is 9.47 Å². The molecule has 1 unspecified atom stereocenters. The number of aliphatic hydroxyl groups is 1. The highest BCUT2D eigenvalue weighted by Gasteiger charge is 2.39. The van der Waals surface area contributed by atoms with Crippen LogP contribution in [-0.4, -0.2) is 17.8 Å². The number of ether oxygens (including phenoxy) is 2. The summed E-state index contributed by atoms with van der Waals surface area (Å²) in [6.07, 6.45) is 5.23. The summed E-state index contributed by atoms with van der Waals surface area (Å²) in [5.41, 5.74) is 0.622. The number of benzene rings is 1. The standard InChI is InChI=1S/C16H22O3/c1-16(9-11-4-3-5-11)10-14(17)13-8-12(18-2)6-7-15(13)19-16/h6-8,11,14,17H,3-5,9-10H2,1-2H3/t14-,16?/m1/s1. The summed E-state index contributed by atoms with van der Waals surface area (Å²) in [7, 11) is 1.64. The van der Waals surface area contributed by atoms with Gasteiger partial charge in [0.15, 0.2) is 0 Å². The van der Waals surface area contributed by atoms with E-state index in [0.29, 0.717) is 6.42 Å². The molecular formula is C16H22O3. The number of hydrogen-bond acceptors (Lipinski definition) is 3. The molecule has 2 aliphatic rings. The fourth-order valence-corrected chi connectivity index (χ4v) is 3.27. The minimum absolute atomic E-state index is 0.230. The van der Waals surface area contributed by atoms with Crippen molar-refractivity contribution >= 4 is 0 Å². The summed E-state index contributed by atoms with van der Waals surface area (Å²) in [5.74, 6) is 2.35. The van der Waals surface area contributed by atoms with E-state index >= 15 is 0 Å². The highest BCUT2D eigenvalue weighted by atomic mass is 16.5. The Labute approximate surface area is 114 Å². The molecule has 3 rings (SSSR count). The lowest BCUT2D eigenvalue weighted by Gasteiger charge is -2.42. The Hall–Kier alpha value is -1.22. The maximum Gasteiger partial charge on any atom is 0.126 e. The van der Waals surface area contributed by atoms with Gasteiger partial charge in [0.2, 0.25) is 0 Å². The molecule has 1 fully saturated rings. The summed E-state index contributed by atoms with van der Waals surface area (Å²) in [5, 5.41) is 10.4. The van der Waals surface area contributed by atoms with Gasteiger partial charge in [0.25, 0.3) is 0 Å². The van der Waals surface area contributed by atoms with Crippen LogP contribution in [0.15, 0.2) is 18.2 Å². The Balaban J connectivity index is 1.82. The van der Waals surface area contributed by atoms with E-state index in [9.17, 15) is 5.11 Å². The van der Waals surface area contributed by atoms with E-state index in [1.54, 1.807) is 7.11 Å².